The Balaban J connectivity index is 2.62. The Labute approximate surface area is 95.3 Å². The Hall–Kier alpha value is -1.58. The van der Waals surface area contributed by atoms with E-state index < -0.39 is 5.97 Å². The molecule has 0 aliphatic rings. The number of carbonyl (C=O) groups is 1. The van der Waals surface area contributed by atoms with Crippen molar-refractivity contribution >= 4 is 5.97 Å². The minimum Gasteiger partial charge on any atom is -0.481 e. The lowest BCUT2D eigenvalue weighted by Crippen LogP contribution is -2.10. The molecule has 0 spiro atoms. The van der Waals surface area contributed by atoms with Crippen LogP contribution in [0.5, 0.6) is 5.88 Å². The number of hydrogen-bond acceptors (Lipinski definition) is 3. The van der Waals surface area contributed by atoms with E-state index in [-0.39, 0.29) is 5.92 Å². The van der Waals surface area contributed by atoms with Gasteiger partial charge in [-0.1, -0.05) is 6.92 Å². The number of carboxylic acid groups (broad SMARTS) is 1. The summed E-state index contributed by atoms with van der Waals surface area (Å²) in [5.74, 6) is -0.448. The number of pyridine rings is 1. The van der Waals surface area contributed by atoms with Gasteiger partial charge in [-0.2, -0.15) is 0 Å². The second-order valence-electron chi connectivity index (χ2n) is 3.95. The number of carboxylic acids is 1. The lowest BCUT2D eigenvalue weighted by Gasteiger charge is -2.08. The van der Waals surface area contributed by atoms with Crippen molar-refractivity contribution in [2.24, 2.45) is 5.92 Å². The van der Waals surface area contributed by atoms with Gasteiger partial charge < -0.3 is 9.84 Å². The van der Waals surface area contributed by atoms with Crippen molar-refractivity contribution in [3.8, 4) is 5.88 Å². The molecule has 1 unspecified atom stereocenters. The second kappa shape index (κ2) is 5.49. The first-order valence-electron chi connectivity index (χ1n) is 5.27. The zero-order chi connectivity index (χ0) is 12.1. The molecule has 88 valence electrons. The van der Waals surface area contributed by atoms with Crippen LogP contribution in [0.25, 0.3) is 0 Å². The fourth-order valence-electron chi connectivity index (χ4n) is 1.48. The number of nitrogens with zero attached hydrogens (tertiary/aromatic N) is 1. The molecule has 4 nitrogen and oxygen atoms in total. The summed E-state index contributed by atoms with van der Waals surface area (Å²) < 4.78 is 5.06. The Morgan fingerprint density at radius 1 is 1.62 bits per heavy atom. The molecule has 0 aliphatic carbocycles. The van der Waals surface area contributed by atoms with E-state index in [9.17, 15) is 4.79 Å². The van der Waals surface area contributed by atoms with E-state index in [1.807, 2.05) is 13.0 Å². The van der Waals surface area contributed by atoms with Gasteiger partial charge in [0.15, 0.2) is 0 Å². The summed E-state index contributed by atoms with van der Waals surface area (Å²) >= 11 is 0. The Kier molecular flexibility index (Phi) is 4.28. The molecule has 0 aliphatic heterocycles. The van der Waals surface area contributed by atoms with Crippen molar-refractivity contribution in [2.75, 3.05) is 7.11 Å². The highest BCUT2D eigenvalue weighted by Gasteiger charge is 2.11. The third-order valence-corrected chi connectivity index (χ3v) is 2.57. The van der Waals surface area contributed by atoms with E-state index in [1.165, 1.54) is 0 Å². The van der Waals surface area contributed by atoms with Gasteiger partial charge in [0.25, 0.3) is 0 Å². The zero-order valence-corrected chi connectivity index (χ0v) is 9.86. The smallest absolute Gasteiger partial charge is 0.306 e. The molecule has 1 atom stereocenters. The average Bonchev–Trinajstić information content (AvgIpc) is 2.25. The quantitative estimate of drug-likeness (QED) is 0.830. The first-order chi connectivity index (χ1) is 7.54. The van der Waals surface area contributed by atoms with Crippen molar-refractivity contribution in [1.29, 1.82) is 0 Å². The summed E-state index contributed by atoms with van der Waals surface area (Å²) in [7, 11) is 1.58. The molecule has 0 fully saturated rings. The second-order valence-corrected chi connectivity index (χ2v) is 3.95. The molecule has 1 N–H and O–H groups in total. The number of aliphatic carboxylic acids is 1. The first kappa shape index (κ1) is 12.5. The number of ether oxygens (including phenoxy) is 1. The molecule has 0 radical (unpaired) electrons. The SMILES string of the molecule is COc1ncc(CCC(C)C(=O)O)cc1C. The highest BCUT2D eigenvalue weighted by Crippen LogP contribution is 2.17. The van der Waals surface area contributed by atoms with Crippen LogP contribution in [0.1, 0.15) is 24.5 Å². The summed E-state index contributed by atoms with van der Waals surface area (Å²) in [4.78, 5) is 14.8. The standard InChI is InChI=1S/C12H17NO3/c1-8(12(14)15)4-5-10-6-9(2)11(16-3)13-7-10/h6-8H,4-5H2,1-3H3,(H,14,15). The van der Waals surface area contributed by atoms with Crippen molar-refractivity contribution in [1.82, 2.24) is 4.98 Å². The molecule has 0 amide bonds. The Morgan fingerprint density at radius 3 is 2.81 bits per heavy atom. The number of rotatable bonds is 5. The van der Waals surface area contributed by atoms with Crippen LogP contribution < -0.4 is 4.74 Å². The first-order valence-corrected chi connectivity index (χ1v) is 5.27. The molecule has 1 rings (SSSR count). The Bertz CT molecular complexity index is 377. The monoisotopic (exact) mass is 223 g/mol. The summed E-state index contributed by atoms with van der Waals surface area (Å²) in [5.41, 5.74) is 2.02. The van der Waals surface area contributed by atoms with Crippen molar-refractivity contribution < 1.29 is 14.6 Å². The summed E-state index contributed by atoms with van der Waals surface area (Å²) in [6.45, 7) is 3.64. The van der Waals surface area contributed by atoms with Crippen molar-refractivity contribution in [3.63, 3.8) is 0 Å². The summed E-state index contributed by atoms with van der Waals surface area (Å²) in [6, 6.07) is 1.99. The molecule has 0 aromatic carbocycles. The predicted molar refractivity (Wildman–Crippen MR) is 60.6 cm³/mol. The van der Waals surface area contributed by atoms with Crippen LogP contribution in [0.15, 0.2) is 12.3 Å². The molecule has 4 heteroatoms. The van der Waals surface area contributed by atoms with Gasteiger partial charge in [-0.3, -0.25) is 4.79 Å². The Morgan fingerprint density at radius 2 is 2.31 bits per heavy atom. The third-order valence-electron chi connectivity index (χ3n) is 2.57. The van der Waals surface area contributed by atoms with E-state index in [0.717, 1.165) is 17.5 Å². The number of aryl methyl sites for hydroxylation is 2. The minimum atomic E-state index is -0.752. The maximum absolute atomic E-state index is 10.7. The van der Waals surface area contributed by atoms with E-state index in [2.05, 4.69) is 4.98 Å². The van der Waals surface area contributed by atoms with Crippen LogP contribution in [0.2, 0.25) is 0 Å². The van der Waals surface area contributed by atoms with Gasteiger partial charge in [0, 0.05) is 11.8 Å². The molecular formula is C12H17NO3. The topological polar surface area (TPSA) is 59.4 Å². The highest BCUT2D eigenvalue weighted by molar-refractivity contribution is 5.69. The maximum atomic E-state index is 10.7. The minimum absolute atomic E-state index is 0.317. The lowest BCUT2D eigenvalue weighted by molar-refractivity contribution is -0.141. The van der Waals surface area contributed by atoms with Gasteiger partial charge in [-0.15, -0.1) is 0 Å². The largest absolute Gasteiger partial charge is 0.481 e. The van der Waals surface area contributed by atoms with Gasteiger partial charge in [0.05, 0.1) is 13.0 Å². The normalized spacial score (nSPS) is 12.2. The molecule has 1 heterocycles. The van der Waals surface area contributed by atoms with Crippen LogP contribution in [0.4, 0.5) is 0 Å². The number of aromatic nitrogens is 1. The van der Waals surface area contributed by atoms with E-state index in [0.29, 0.717) is 12.3 Å². The third kappa shape index (κ3) is 3.22. The van der Waals surface area contributed by atoms with Gasteiger partial charge in [-0.05, 0) is 31.4 Å². The fourth-order valence-corrected chi connectivity index (χ4v) is 1.48. The van der Waals surface area contributed by atoms with Gasteiger partial charge >= 0.3 is 5.97 Å². The van der Waals surface area contributed by atoms with Crippen LogP contribution >= 0.6 is 0 Å². The van der Waals surface area contributed by atoms with E-state index in [1.54, 1.807) is 20.2 Å². The van der Waals surface area contributed by atoms with E-state index >= 15 is 0 Å². The van der Waals surface area contributed by atoms with Crippen molar-refractivity contribution in [3.05, 3.63) is 23.4 Å². The van der Waals surface area contributed by atoms with Gasteiger partial charge in [-0.25, -0.2) is 4.98 Å². The molecule has 0 saturated heterocycles. The lowest BCUT2D eigenvalue weighted by atomic mass is 10.0. The fraction of sp³-hybridized carbons (Fsp3) is 0.500. The van der Waals surface area contributed by atoms with Crippen molar-refractivity contribution in [2.45, 2.75) is 26.7 Å². The molecule has 1 aromatic rings. The van der Waals surface area contributed by atoms with Gasteiger partial charge in [0.2, 0.25) is 5.88 Å². The van der Waals surface area contributed by atoms with Crippen LogP contribution in [0, 0.1) is 12.8 Å². The van der Waals surface area contributed by atoms with Crippen LogP contribution in [-0.2, 0) is 11.2 Å². The number of methoxy groups -OCH3 is 1. The molecule has 0 saturated carbocycles. The average molecular weight is 223 g/mol. The highest BCUT2D eigenvalue weighted by atomic mass is 16.5. The number of hydrogen-bond donors (Lipinski definition) is 1. The van der Waals surface area contributed by atoms with E-state index in [4.69, 9.17) is 9.84 Å². The molecule has 1 aromatic heterocycles. The van der Waals surface area contributed by atoms with Crippen LogP contribution in [-0.4, -0.2) is 23.2 Å². The maximum Gasteiger partial charge on any atom is 0.306 e. The zero-order valence-electron chi connectivity index (χ0n) is 9.86. The summed E-state index contributed by atoms with van der Waals surface area (Å²) in [5, 5.41) is 8.76. The van der Waals surface area contributed by atoms with Gasteiger partial charge in [0.1, 0.15) is 0 Å². The molecule has 0 bridgehead atoms. The summed E-state index contributed by atoms with van der Waals surface area (Å²) in [6.07, 6.45) is 3.09. The predicted octanol–water partition coefficient (Wildman–Crippen LogP) is 2.05. The van der Waals surface area contributed by atoms with Crippen LogP contribution in [0.3, 0.4) is 0 Å². The molecular weight excluding hydrogens is 206 g/mol. The molecule has 16 heavy (non-hydrogen) atoms.